The van der Waals surface area contributed by atoms with Crippen LogP contribution in [0.1, 0.15) is 55.0 Å². The number of likely N-dealkylation sites (tertiary alicyclic amines) is 1. The third-order valence-corrected chi connectivity index (χ3v) is 5.78. The predicted molar refractivity (Wildman–Crippen MR) is 118 cm³/mol. The third kappa shape index (κ3) is 6.45. The molecule has 0 amide bonds. The summed E-state index contributed by atoms with van der Waals surface area (Å²) in [4.78, 5) is 13.4. The highest BCUT2D eigenvalue weighted by Crippen LogP contribution is 2.41. The Hall–Kier alpha value is -3.11. The van der Waals surface area contributed by atoms with E-state index in [1.807, 2.05) is 0 Å². The molecular formula is C26H25F4NO2. The van der Waals surface area contributed by atoms with E-state index in [1.165, 1.54) is 24.3 Å². The monoisotopic (exact) mass is 459 g/mol. The highest BCUT2D eigenvalue weighted by atomic mass is 19.4. The fraction of sp³-hybridized carbons (Fsp3) is 0.346. The Morgan fingerprint density at radius 1 is 1.18 bits per heavy atom. The largest absolute Gasteiger partial charge is 0.481 e. The van der Waals surface area contributed by atoms with Crippen molar-refractivity contribution >= 4 is 5.97 Å². The number of benzene rings is 2. The maximum Gasteiger partial charge on any atom is 0.416 e. The number of allylic oxidation sites excluding steroid dienone is 1. The van der Waals surface area contributed by atoms with E-state index in [0.717, 1.165) is 17.7 Å². The molecule has 1 saturated heterocycles. The number of rotatable bonds is 5. The van der Waals surface area contributed by atoms with Gasteiger partial charge in [0.05, 0.1) is 11.6 Å². The van der Waals surface area contributed by atoms with Gasteiger partial charge >= 0.3 is 12.1 Å². The molecule has 1 N–H and O–H groups in total. The summed E-state index contributed by atoms with van der Waals surface area (Å²) in [6, 6.07) is 10.1. The van der Waals surface area contributed by atoms with Crippen LogP contribution in [-0.2, 0) is 11.0 Å². The zero-order chi connectivity index (χ0) is 24.2. The highest BCUT2D eigenvalue weighted by Gasteiger charge is 2.36. The molecule has 2 aromatic carbocycles. The first-order chi connectivity index (χ1) is 15.5. The van der Waals surface area contributed by atoms with Crippen molar-refractivity contribution in [1.82, 2.24) is 4.90 Å². The Bertz CT molecular complexity index is 1050. The number of hydrogen-bond donors (Lipinski definition) is 1. The van der Waals surface area contributed by atoms with E-state index in [9.17, 15) is 27.5 Å². The number of carboxylic acid groups (broad SMARTS) is 1. The third-order valence-electron chi connectivity index (χ3n) is 5.78. The van der Waals surface area contributed by atoms with Gasteiger partial charge in [0.1, 0.15) is 5.82 Å². The average Bonchev–Trinajstić information content (AvgIpc) is 2.74. The van der Waals surface area contributed by atoms with Gasteiger partial charge in [-0.25, -0.2) is 4.39 Å². The van der Waals surface area contributed by atoms with Crippen molar-refractivity contribution in [3.05, 3.63) is 83.2 Å². The van der Waals surface area contributed by atoms with Crippen LogP contribution in [0.2, 0.25) is 0 Å². The minimum atomic E-state index is -4.44. The topological polar surface area (TPSA) is 40.5 Å². The van der Waals surface area contributed by atoms with Crippen molar-refractivity contribution in [2.75, 3.05) is 6.54 Å². The van der Waals surface area contributed by atoms with Gasteiger partial charge in [-0.05, 0) is 66.6 Å². The number of piperidine rings is 1. The van der Waals surface area contributed by atoms with Crippen molar-refractivity contribution in [1.29, 1.82) is 0 Å². The minimum Gasteiger partial charge on any atom is -0.481 e. The molecule has 3 rings (SSSR count). The lowest BCUT2D eigenvalue weighted by Crippen LogP contribution is -2.39. The molecule has 33 heavy (non-hydrogen) atoms. The first kappa shape index (κ1) is 24.5. The van der Waals surface area contributed by atoms with Crippen molar-refractivity contribution in [3.63, 3.8) is 0 Å². The summed E-state index contributed by atoms with van der Waals surface area (Å²) in [6.07, 6.45) is -3.39. The van der Waals surface area contributed by atoms with Crippen LogP contribution in [0, 0.1) is 23.6 Å². The fourth-order valence-corrected chi connectivity index (χ4v) is 4.21. The SMILES string of the molecule is C=C(C)C#C[C@@H](c1ccc(F)cc1)N1CC[C@H](CC(=O)O)C[C@@H]1c1ccc(C(F)(F)F)cc1. The highest BCUT2D eigenvalue weighted by molar-refractivity contribution is 5.67. The molecule has 174 valence electrons. The molecule has 3 nitrogen and oxygen atoms in total. The Balaban J connectivity index is 2.02. The smallest absolute Gasteiger partial charge is 0.416 e. The van der Waals surface area contributed by atoms with Crippen LogP contribution >= 0.6 is 0 Å². The number of carboxylic acids is 1. The number of hydrogen-bond acceptors (Lipinski definition) is 2. The van der Waals surface area contributed by atoms with Gasteiger partial charge in [-0.3, -0.25) is 9.69 Å². The average molecular weight is 459 g/mol. The van der Waals surface area contributed by atoms with Gasteiger partial charge in [-0.2, -0.15) is 13.2 Å². The molecule has 3 atom stereocenters. The molecule has 7 heteroatoms. The number of alkyl halides is 3. The fourth-order valence-electron chi connectivity index (χ4n) is 4.21. The second-order valence-electron chi connectivity index (χ2n) is 8.37. The molecule has 0 saturated carbocycles. The summed E-state index contributed by atoms with van der Waals surface area (Å²) >= 11 is 0. The first-order valence-electron chi connectivity index (χ1n) is 10.6. The minimum absolute atomic E-state index is 0.0103. The van der Waals surface area contributed by atoms with E-state index >= 15 is 0 Å². The van der Waals surface area contributed by atoms with Crippen LogP contribution in [0.15, 0.2) is 60.7 Å². The number of aliphatic carboxylic acids is 1. The van der Waals surface area contributed by atoms with Crippen LogP contribution in [0.5, 0.6) is 0 Å². The molecule has 0 aromatic heterocycles. The lowest BCUT2D eigenvalue weighted by molar-refractivity contribution is -0.139. The zero-order valence-corrected chi connectivity index (χ0v) is 18.2. The summed E-state index contributed by atoms with van der Waals surface area (Å²) < 4.78 is 52.8. The molecule has 0 radical (unpaired) electrons. The van der Waals surface area contributed by atoms with Crippen molar-refractivity contribution in [3.8, 4) is 11.8 Å². The van der Waals surface area contributed by atoms with E-state index in [-0.39, 0.29) is 24.2 Å². The van der Waals surface area contributed by atoms with E-state index in [4.69, 9.17) is 0 Å². The predicted octanol–water partition coefficient (Wildman–Crippen LogP) is 6.39. The molecular weight excluding hydrogens is 434 g/mol. The summed E-state index contributed by atoms with van der Waals surface area (Å²) in [6.45, 7) is 6.07. The Labute approximate surface area is 190 Å². The molecule has 1 aliphatic heterocycles. The lowest BCUT2D eigenvalue weighted by Gasteiger charge is -2.42. The van der Waals surface area contributed by atoms with Crippen molar-refractivity contribution in [2.45, 2.75) is 44.4 Å². The Kier molecular flexibility index (Phi) is 7.60. The van der Waals surface area contributed by atoms with Crippen LogP contribution in [0.4, 0.5) is 17.6 Å². The van der Waals surface area contributed by atoms with Crippen LogP contribution in [0.3, 0.4) is 0 Å². The summed E-state index contributed by atoms with van der Waals surface area (Å²) in [5.74, 6) is 4.74. The molecule has 0 aliphatic carbocycles. The van der Waals surface area contributed by atoms with E-state index in [1.54, 1.807) is 19.1 Å². The van der Waals surface area contributed by atoms with Gasteiger partial charge in [0.25, 0.3) is 0 Å². The molecule has 0 spiro atoms. The van der Waals surface area contributed by atoms with Gasteiger partial charge in [0.15, 0.2) is 0 Å². The van der Waals surface area contributed by atoms with Crippen LogP contribution in [0.25, 0.3) is 0 Å². The molecule has 1 heterocycles. The summed E-state index contributed by atoms with van der Waals surface area (Å²) in [5, 5.41) is 9.27. The molecule has 0 unspecified atom stereocenters. The van der Waals surface area contributed by atoms with Gasteiger partial charge in [-0.1, -0.05) is 42.7 Å². The second kappa shape index (κ2) is 10.2. The molecule has 2 aromatic rings. The van der Waals surface area contributed by atoms with Crippen LogP contribution < -0.4 is 0 Å². The Morgan fingerprint density at radius 3 is 2.36 bits per heavy atom. The second-order valence-corrected chi connectivity index (χ2v) is 8.37. The maximum atomic E-state index is 13.5. The summed E-state index contributed by atoms with van der Waals surface area (Å²) in [5.41, 5.74) is 1.31. The Morgan fingerprint density at radius 2 is 1.82 bits per heavy atom. The van der Waals surface area contributed by atoms with Gasteiger partial charge in [-0.15, -0.1) is 0 Å². The summed E-state index contributed by atoms with van der Waals surface area (Å²) in [7, 11) is 0. The van der Waals surface area contributed by atoms with E-state index in [2.05, 4.69) is 23.3 Å². The maximum absolute atomic E-state index is 13.5. The lowest BCUT2D eigenvalue weighted by atomic mass is 9.83. The number of halogens is 4. The molecule has 1 aliphatic rings. The standard InChI is InChI=1S/C26H25F4NO2/c1-17(2)3-12-23(19-6-10-22(27)11-7-19)31-14-13-18(16-25(32)33)15-24(31)20-4-8-21(9-5-20)26(28,29)30/h4-11,18,23-24H,1,13-16H2,2H3,(H,32,33)/t18-,23-,24+/m0/s1. The molecule has 1 fully saturated rings. The number of carbonyl (C=O) groups is 1. The van der Waals surface area contributed by atoms with Gasteiger partial charge in [0, 0.05) is 19.0 Å². The van der Waals surface area contributed by atoms with Crippen LogP contribution in [-0.4, -0.2) is 22.5 Å². The van der Waals surface area contributed by atoms with Crippen molar-refractivity contribution in [2.24, 2.45) is 5.92 Å². The van der Waals surface area contributed by atoms with Gasteiger partial charge < -0.3 is 5.11 Å². The van der Waals surface area contributed by atoms with E-state index < -0.39 is 23.8 Å². The van der Waals surface area contributed by atoms with Gasteiger partial charge in [0.2, 0.25) is 0 Å². The first-order valence-corrected chi connectivity index (χ1v) is 10.6. The quantitative estimate of drug-likeness (QED) is 0.416. The van der Waals surface area contributed by atoms with Crippen molar-refractivity contribution < 1.29 is 27.5 Å². The zero-order valence-electron chi connectivity index (χ0n) is 18.2. The molecule has 0 bridgehead atoms. The number of nitrogens with zero attached hydrogens (tertiary/aromatic N) is 1. The van der Waals surface area contributed by atoms with E-state index in [0.29, 0.717) is 30.5 Å². The normalized spacial score (nSPS) is 19.9.